The molecule has 0 atom stereocenters. The summed E-state index contributed by atoms with van der Waals surface area (Å²) in [5, 5.41) is 6.03. The Hall–Kier alpha value is -2.79. The van der Waals surface area contributed by atoms with Gasteiger partial charge in [0, 0.05) is 27.7 Å². The summed E-state index contributed by atoms with van der Waals surface area (Å²) in [5.74, 6) is -0.287. The number of ether oxygens (including phenoxy) is 1. The van der Waals surface area contributed by atoms with E-state index in [4.69, 9.17) is 16.3 Å². The Morgan fingerprint density at radius 1 is 1.24 bits per heavy atom. The van der Waals surface area contributed by atoms with Gasteiger partial charge in [-0.1, -0.05) is 41.9 Å². The van der Waals surface area contributed by atoms with Crippen molar-refractivity contribution in [3.05, 3.63) is 70.9 Å². The van der Waals surface area contributed by atoms with Crippen molar-refractivity contribution in [3.63, 3.8) is 0 Å². The molecule has 0 aliphatic heterocycles. The fourth-order valence-electron chi connectivity index (χ4n) is 2.57. The molecule has 0 aliphatic carbocycles. The molecule has 6 heteroatoms. The molecule has 5 nitrogen and oxygen atoms in total. The van der Waals surface area contributed by atoms with E-state index >= 15 is 0 Å². The second kappa shape index (κ2) is 7.85. The van der Waals surface area contributed by atoms with Crippen molar-refractivity contribution in [2.24, 2.45) is 5.10 Å². The number of carbonyl (C=O) groups excluding carboxylic acids is 1. The lowest BCUT2D eigenvalue weighted by atomic mass is 10.2. The third-order valence-corrected chi connectivity index (χ3v) is 4.09. The van der Waals surface area contributed by atoms with Crippen LogP contribution in [-0.2, 0) is 22.6 Å². The number of benzene rings is 2. The highest BCUT2D eigenvalue weighted by atomic mass is 35.5. The molecule has 0 saturated heterocycles. The molecule has 0 unspecified atom stereocenters. The quantitative estimate of drug-likeness (QED) is 0.417. The van der Waals surface area contributed by atoms with Gasteiger partial charge in [-0.15, -0.1) is 0 Å². The predicted octanol–water partition coefficient (Wildman–Crippen LogP) is 3.59. The molecule has 1 aromatic heterocycles. The standard InChI is InChI=1S/C19H18ClN3O2/c1-25-19(24)13-23-12-15(17-4-2-3-5-18(17)23)11-22-21-10-14-6-8-16(20)9-7-14/h2-9,11-12,21H,10,13H2,1H3/b22-11-. The van der Waals surface area contributed by atoms with Gasteiger partial charge in [0.15, 0.2) is 0 Å². The molecule has 0 aliphatic rings. The van der Waals surface area contributed by atoms with Crippen LogP contribution in [0.1, 0.15) is 11.1 Å². The average molecular weight is 356 g/mol. The van der Waals surface area contributed by atoms with Crippen LogP contribution in [0.2, 0.25) is 5.02 Å². The van der Waals surface area contributed by atoms with Crippen molar-refractivity contribution >= 4 is 34.7 Å². The molecule has 0 saturated carbocycles. The summed E-state index contributed by atoms with van der Waals surface area (Å²) >= 11 is 5.87. The first kappa shape index (κ1) is 17.0. The molecular formula is C19H18ClN3O2. The number of rotatable bonds is 6. The lowest BCUT2D eigenvalue weighted by Gasteiger charge is -2.02. The van der Waals surface area contributed by atoms with Crippen LogP contribution in [0, 0.1) is 0 Å². The van der Waals surface area contributed by atoms with Crippen LogP contribution in [0.5, 0.6) is 0 Å². The van der Waals surface area contributed by atoms with E-state index in [9.17, 15) is 4.79 Å². The zero-order valence-electron chi connectivity index (χ0n) is 13.8. The summed E-state index contributed by atoms with van der Waals surface area (Å²) < 4.78 is 6.62. The zero-order chi connectivity index (χ0) is 17.6. The van der Waals surface area contributed by atoms with Crippen molar-refractivity contribution in [2.45, 2.75) is 13.1 Å². The van der Waals surface area contributed by atoms with E-state index in [1.165, 1.54) is 7.11 Å². The Labute approximate surface area is 150 Å². The first-order valence-corrected chi connectivity index (χ1v) is 8.20. The number of para-hydroxylation sites is 1. The molecule has 0 amide bonds. The third-order valence-electron chi connectivity index (χ3n) is 3.84. The van der Waals surface area contributed by atoms with Crippen LogP contribution in [0.15, 0.2) is 59.8 Å². The van der Waals surface area contributed by atoms with Gasteiger partial charge >= 0.3 is 5.97 Å². The molecule has 0 bridgehead atoms. The fourth-order valence-corrected chi connectivity index (χ4v) is 2.69. The SMILES string of the molecule is COC(=O)Cn1cc(/C=N\NCc2ccc(Cl)cc2)c2ccccc21. The Morgan fingerprint density at radius 2 is 2.00 bits per heavy atom. The molecule has 2 aromatic carbocycles. The Balaban J connectivity index is 1.74. The fraction of sp³-hybridized carbons (Fsp3) is 0.158. The van der Waals surface area contributed by atoms with Gasteiger partial charge in [-0.25, -0.2) is 0 Å². The summed E-state index contributed by atoms with van der Waals surface area (Å²) in [6, 6.07) is 15.5. The molecule has 3 rings (SSSR count). The van der Waals surface area contributed by atoms with Gasteiger partial charge in [0.1, 0.15) is 6.54 Å². The lowest BCUT2D eigenvalue weighted by Crippen LogP contribution is -2.10. The highest BCUT2D eigenvalue weighted by molar-refractivity contribution is 6.30. The van der Waals surface area contributed by atoms with Crippen LogP contribution in [0.4, 0.5) is 0 Å². The number of esters is 1. The number of methoxy groups -OCH3 is 1. The van der Waals surface area contributed by atoms with Gasteiger partial charge < -0.3 is 14.7 Å². The summed E-state index contributed by atoms with van der Waals surface area (Å²) in [6.07, 6.45) is 3.65. The molecule has 25 heavy (non-hydrogen) atoms. The molecule has 1 heterocycles. The monoisotopic (exact) mass is 355 g/mol. The number of hydrogen-bond acceptors (Lipinski definition) is 4. The largest absolute Gasteiger partial charge is 0.468 e. The summed E-state index contributed by atoms with van der Waals surface area (Å²) in [7, 11) is 1.39. The Morgan fingerprint density at radius 3 is 2.76 bits per heavy atom. The van der Waals surface area contributed by atoms with Crippen molar-refractivity contribution in [3.8, 4) is 0 Å². The number of hydrogen-bond donors (Lipinski definition) is 1. The van der Waals surface area contributed by atoms with Crippen LogP contribution in [-0.4, -0.2) is 23.9 Å². The van der Waals surface area contributed by atoms with Gasteiger partial charge in [-0.3, -0.25) is 4.79 Å². The van der Waals surface area contributed by atoms with E-state index in [0.29, 0.717) is 11.6 Å². The van der Waals surface area contributed by atoms with Gasteiger partial charge in [-0.2, -0.15) is 5.10 Å². The molecular weight excluding hydrogens is 338 g/mol. The van der Waals surface area contributed by atoms with Crippen molar-refractivity contribution < 1.29 is 9.53 Å². The molecule has 0 radical (unpaired) electrons. The maximum absolute atomic E-state index is 11.6. The normalized spacial score (nSPS) is 11.1. The first-order chi connectivity index (χ1) is 12.2. The topological polar surface area (TPSA) is 55.6 Å². The van der Waals surface area contributed by atoms with Gasteiger partial charge in [0.2, 0.25) is 0 Å². The third kappa shape index (κ3) is 4.19. The van der Waals surface area contributed by atoms with E-state index in [2.05, 4.69) is 10.5 Å². The van der Waals surface area contributed by atoms with Crippen LogP contribution in [0.3, 0.4) is 0 Å². The van der Waals surface area contributed by atoms with E-state index < -0.39 is 0 Å². The molecule has 0 spiro atoms. The average Bonchev–Trinajstić information content (AvgIpc) is 2.98. The zero-order valence-corrected chi connectivity index (χ0v) is 14.5. The Kier molecular flexibility index (Phi) is 5.36. The maximum Gasteiger partial charge on any atom is 0.325 e. The second-order valence-corrected chi connectivity index (χ2v) is 5.96. The van der Waals surface area contributed by atoms with E-state index in [1.807, 2.05) is 59.3 Å². The minimum absolute atomic E-state index is 0.170. The van der Waals surface area contributed by atoms with Gasteiger partial charge in [0.25, 0.3) is 0 Å². The number of hydrazone groups is 1. The number of halogens is 1. The minimum atomic E-state index is -0.287. The smallest absolute Gasteiger partial charge is 0.325 e. The number of aromatic nitrogens is 1. The summed E-state index contributed by atoms with van der Waals surface area (Å²) in [6.45, 7) is 0.775. The molecule has 0 fully saturated rings. The van der Waals surface area contributed by atoms with E-state index in [1.54, 1.807) is 6.21 Å². The summed E-state index contributed by atoms with van der Waals surface area (Å²) in [4.78, 5) is 11.6. The van der Waals surface area contributed by atoms with Crippen molar-refractivity contribution in [2.75, 3.05) is 7.11 Å². The lowest BCUT2D eigenvalue weighted by molar-refractivity contribution is -0.141. The second-order valence-electron chi connectivity index (χ2n) is 5.53. The molecule has 128 valence electrons. The van der Waals surface area contributed by atoms with Crippen molar-refractivity contribution in [1.82, 2.24) is 9.99 Å². The first-order valence-electron chi connectivity index (χ1n) is 7.82. The summed E-state index contributed by atoms with van der Waals surface area (Å²) in [5.41, 5.74) is 6.01. The predicted molar refractivity (Wildman–Crippen MR) is 99.8 cm³/mol. The Bertz CT molecular complexity index is 901. The minimum Gasteiger partial charge on any atom is -0.468 e. The van der Waals surface area contributed by atoms with Crippen LogP contribution < -0.4 is 5.43 Å². The van der Waals surface area contributed by atoms with Crippen LogP contribution >= 0.6 is 11.6 Å². The van der Waals surface area contributed by atoms with Gasteiger partial charge in [0.05, 0.1) is 19.9 Å². The number of carbonyl (C=O) groups is 1. The van der Waals surface area contributed by atoms with Crippen LogP contribution in [0.25, 0.3) is 10.9 Å². The van der Waals surface area contributed by atoms with E-state index in [-0.39, 0.29) is 12.5 Å². The molecule has 1 N–H and O–H groups in total. The number of nitrogens with zero attached hydrogens (tertiary/aromatic N) is 2. The van der Waals surface area contributed by atoms with Crippen molar-refractivity contribution in [1.29, 1.82) is 0 Å². The van der Waals surface area contributed by atoms with E-state index in [0.717, 1.165) is 22.0 Å². The maximum atomic E-state index is 11.6. The van der Waals surface area contributed by atoms with Gasteiger partial charge in [-0.05, 0) is 23.8 Å². The number of fused-ring (bicyclic) bond motifs is 1. The molecule has 3 aromatic rings. The number of nitrogens with one attached hydrogen (secondary N) is 1. The highest BCUT2D eigenvalue weighted by Crippen LogP contribution is 2.20. The highest BCUT2D eigenvalue weighted by Gasteiger charge is 2.09.